The van der Waals surface area contributed by atoms with Crippen molar-refractivity contribution in [3.8, 4) is 0 Å². The number of fused-ring (bicyclic) bond motifs is 1. The van der Waals surface area contributed by atoms with Crippen LogP contribution in [0.2, 0.25) is 0 Å². The summed E-state index contributed by atoms with van der Waals surface area (Å²) in [4.78, 5) is 39.6. The van der Waals surface area contributed by atoms with E-state index in [0.717, 1.165) is 5.69 Å². The number of furan rings is 1. The molecule has 7 nitrogen and oxygen atoms in total. The molecule has 170 valence electrons. The Bertz CT molecular complexity index is 1360. The third-order valence-electron chi connectivity index (χ3n) is 5.98. The van der Waals surface area contributed by atoms with E-state index >= 15 is 0 Å². The topological polar surface area (TPSA) is 86.2 Å². The Hall–Kier alpha value is -3.87. The van der Waals surface area contributed by atoms with Gasteiger partial charge in [0.2, 0.25) is 0 Å². The van der Waals surface area contributed by atoms with E-state index in [0.29, 0.717) is 46.3 Å². The van der Waals surface area contributed by atoms with Gasteiger partial charge in [0.15, 0.2) is 5.78 Å². The van der Waals surface area contributed by atoms with E-state index in [-0.39, 0.29) is 30.3 Å². The predicted octanol–water partition coefficient (Wildman–Crippen LogP) is 3.87. The highest BCUT2D eigenvalue weighted by Gasteiger charge is 2.24. The summed E-state index contributed by atoms with van der Waals surface area (Å²) in [6.45, 7) is 4.09. The summed E-state index contributed by atoms with van der Waals surface area (Å²) in [6.07, 6.45) is 2.65. The van der Waals surface area contributed by atoms with Crippen LogP contribution >= 0.6 is 0 Å². The number of nitrogens with zero attached hydrogens (tertiary/aromatic N) is 2. The van der Waals surface area contributed by atoms with Crippen molar-refractivity contribution in [2.24, 2.45) is 7.05 Å². The number of carbonyl (C=O) groups is 2. The van der Waals surface area contributed by atoms with Crippen LogP contribution in [0.4, 0.5) is 0 Å². The maximum absolute atomic E-state index is 13.6. The minimum absolute atomic E-state index is 0.0416. The van der Waals surface area contributed by atoms with Gasteiger partial charge in [0.05, 0.1) is 30.3 Å². The summed E-state index contributed by atoms with van der Waals surface area (Å²) in [6, 6.07) is 14.4. The van der Waals surface area contributed by atoms with E-state index in [1.54, 1.807) is 58.8 Å². The molecule has 1 aromatic carbocycles. The highest BCUT2D eigenvalue weighted by molar-refractivity contribution is 6.02. The van der Waals surface area contributed by atoms with Crippen molar-refractivity contribution in [3.05, 3.63) is 93.4 Å². The normalized spacial score (nSPS) is 11.1. The van der Waals surface area contributed by atoms with Crippen molar-refractivity contribution >= 4 is 22.6 Å². The van der Waals surface area contributed by atoms with Gasteiger partial charge in [0, 0.05) is 18.3 Å². The standard InChI is InChI=1S/C26H27N3O4/c1-4-18-14-21-23(26(32)29(18)16-22(30)17-10-7-6-8-11-17)20(5-2)24(28(21)3)25(31)27-15-19-12-9-13-33-19/h6-14H,4-5,15-16H2,1-3H3,(H,27,31). The number of benzene rings is 1. The van der Waals surface area contributed by atoms with E-state index in [2.05, 4.69) is 5.32 Å². The summed E-state index contributed by atoms with van der Waals surface area (Å²) in [7, 11) is 1.79. The molecule has 0 aliphatic heterocycles. The minimum atomic E-state index is -0.272. The lowest BCUT2D eigenvalue weighted by molar-refractivity contribution is 0.0937. The fourth-order valence-electron chi connectivity index (χ4n) is 4.30. The Kier molecular flexibility index (Phi) is 6.31. The first kappa shape index (κ1) is 22.3. The summed E-state index contributed by atoms with van der Waals surface area (Å²) >= 11 is 0. The molecule has 0 saturated heterocycles. The number of nitrogens with one attached hydrogen (secondary N) is 1. The first-order chi connectivity index (χ1) is 16.0. The molecule has 0 spiro atoms. The largest absolute Gasteiger partial charge is 0.467 e. The van der Waals surface area contributed by atoms with Crippen molar-refractivity contribution < 1.29 is 14.0 Å². The molecule has 0 saturated carbocycles. The van der Waals surface area contributed by atoms with Gasteiger partial charge in [-0.05, 0) is 36.6 Å². The average Bonchev–Trinajstić information content (AvgIpc) is 3.45. The molecular weight excluding hydrogens is 418 g/mol. The van der Waals surface area contributed by atoms with Crippen LogP contribution in [0.5, 0.6) is 0 Å². The highest BCUT2D eigenvalue weighted by atomic mass is 16.3. The Morgan fingerprint density at radius 1 is 1.03 bits per heavy atom. The maximum Gasteiger partial charge on any atom is 0.268 e. The lowest BCUT2D eigenvalue weighted by atomic mass is 10.1. The van der Waals surface area contributed by atoms with Crippen LogP contribution in [0.1, 0.15) is 51.7 Å². The van der Waals surface area contributed by atoms with Crippen molar-refractivity contribution in [1.29, 1.82) is 0 Å². The molecule has 0 radical (unpaired) electrons. The number of aromatic nitrogens is 2. The molecule has 0 fully saturated rings. The van der Waals surface area contributed by atoms with Crippen LogP contribution in [0.25, 0.3) is 10.9 Å². The summed E-state index contributed by atoms with van der Waals surface area (Å²) in [5.74, 6) is 0.249. The van der Waals surface area contributed by atoms with Crippen molar-refractivity contribution in [2.45, 2.75) is 39.8 Å². The lowest BCUT2D eigenvalue weighted by Gasteiger charge is -2.12. The third-order valence-corrected chi connectivity index (χ3v) is 5.98. The highest BCUT2D eigenvalue weighted by Crippen LogP contribution is 2.25. The zero-order valence-electron chi connectivity index (χ0n) is 19.1. The molecular formula is C26H27N3O4. The lowest BCUT2D eigenvalue weighted by Crippen LogP contribution is -2.27. The second kappa shape index (κ2) is 9.32. The van der Waals surface area contributed by atoms with Crippen LogP contribution in [0, 0.1) is 0 Å². The van der Waals surface area contributed by atoms with Gasteiger partial charge in [-0.1, -0.05) is 44.2 Å². The Labute approximate surface area is 191 Å². The van der Waals surface area contributed by atoms with E-state index in [1.807, 2.05) is 26.0 Å². The second-order valence-corrected chi connectivity index (χ2v) is 7.93. The number of hydrogen-bond acceptors (Lipinski definition) is 4. The van der Waals surface area contributed by atoms with Crippen molar-refractivity contribution in [1.82, 2.24) is 14.5 Å². The van der Waals surface area contributed by atoms with Crippen LogP contribution in [-0.4, -0.2) is 20.8 Å². The molecule has 0 aliphatic carbocycles. The predicted molar refractivity (Wildman–Crippen MR) is 127 cm³/mol. The number of pyridine rings is 1. The van der Waals surface area contributed by atoms with Gasteiger partial charge < -0.3 is 18.9 Å². The third kappa shape index (κ3) is 4.14. The zero-order valence-corrected chi connectivity index (χ0v) is 19.1. The average molecular weight is 446 g/mol. The quantitative estimate of drug-likeness (QED) is 0.417. The van der Waals surface area contributed by atoms with Gasteiger partial charge in [-0.2, -0.15) is 0 Å². The molecule has 3 heterocycles. The van der Waals surface area contributed by atoms with E-state index in [4.69, 9.17) is 4.42 Å². The van der Waals surface area contributed by atoms with Gasteiger partial charge in [-0.15, -0.1) is 0 Å². The maximum atomic E-state index is 13.6. The van der Waals surface area contributed by atoms with Crippen LogP contribution in [0.15, 0.2) is 64.0 Å². The Balaban J connectivity index is 1.79. The Morgan fingerprint density at radius 3 is 2.42 bits per heavy atom. The summed E-state index contributed by atoms with van der Waals surface area (Å²) in [5.41, 5.74) is 2.89. The van der Waals surface area contributed by atoms with Gasteiger partial charge in [0.25, 0.3) is 11.5 Å². The molecule has 1 N–H and O–H groups in total. The molecule has 33 heavy (non-hydrogen) atoms. The summed E-state index contributed by atoms with van der Waals surface area (Å²) < 4.78 is 8.61. The van der Waals surface area contributed by atoms with E-state index < -0.39 is 0 Å². The number of aryl methyl sites for hydroxylation is 3. The number of rotatable bonds is 8. The van der Waals surface area contributed by atoms with Gasteiger partial charge in [-0.3, -0.25) is 14.4 Å². The minimum Gasteiger partial charge on any atom is -0.467 e. The number of ketones is 1. The van der Waals surface area contributed by atoms with Crippen molar-refractivity contribution in [2.75, 3.05) is 0 Å². The summed E-state index contributed by atoms with van der Waals surface area (Å²) in [5, 5.41) is 3.37. The molecule has 4 rings (SSSR count). The van der Waals surface area contributed by atoms with Crippen LogP contribution < -0.4 is 10.9 Å². The molecule has 1 amide bonds. The molecule has 0 bridgehead atoms. The molecule has 7 heteroatoms. The van der Waals surface area contributed by atoms with Gasteiger partial charge >= 0.3 is 0 Å². The van der Waals surface area contributed by atoms with E-state index in [1.165, 1.54) is 0 Å². The molecule has 4 aromatic rings. The number of hydrogen-bond donors (Lipinski definition) is 1. The van der Waals surface area contributed by atoms with Crippen molar-refractivity contribution in [3.63, 3.8) is 0 Å². The molecule has 3 aromatic heterocycles. The molecule has 0 aliphatic rings. The number of carbonyl (C=O) groups excluding carboxylic acids is 2. The molecule has 0 unspecified atom stereocenters. The van der Waals surface area contributed by atoms with Gasteiger partial charge in [-0.25, -0.2) is 0 Å². The fourth-order valence-corrected chi connectivity index (χ4v) is 4.30. The van der Waals surface area contributed by atoms with E-state index in [9.17, 15) is 14.4 Å². The number of amides is 1. The monoisotopic (exact) mass is 445 g/mol. The van der Waals surface area contributed by atoms with Crippen LogP contribution in [-0.2, 0) is 33.0 Å². The Morgan fingerprint density at radius 2 is 1.79 bits per heavy atom. The first-order valence-electron chi connectivity index (χ1n) is 11.1. The molecule has 0 atom stereocenters. The fraction of sp³-hybridized carbons (Fsp3) is 0.269. The smallest absolute Gasteiger partial charge is 0.268 e. The zero-order chi connectivity index (χ0) is 23.5. The van der Waals surface area contributed by atoms with Crippen LogP contribution in [0.3, 0.4) is 0 Å². The SMILES string of the molecule is CCc1c(C(=O)NCc2ccco2)n(C)c2cc(CC)n(CC(=O)c3ccccc3)c(=O)c12. The first-order valence-corrected chi connectivity index (χ1v) is 11.1. The number of Topliss-reactive ketones (excluding diaryl/α,β-unsaturated/α-hetero) is 1. The van der Waals surface area contributed by atoms with Gasteiger partial charge in [0.1, 0.15) is 11.5 Å². The second-order valence-electron chi connectivity index (χ2n) is 7.93.